The van der Waals surface area contributed by atoms with Gasteiger partial charge in [0.15, 0.2) is 9.84 Å². The van der Waals surface area contributed by atoms with Gasteiger partial charge in [-0.25, -0.2) is 8.42 Å². The van der Waals surface area contributed by atoms with E-state index in [-0.39, 0.29) is 23.3 Å². The summed E-state index contributed by atoms with van der Waals surface area (Å²) in [7, 11) is -3.80. The largest absolute Gasteiger partial charge is 0.391 e. The molecule has 1 saturated carbocycles. The standard InChI is InChI=1S/C32H38N2O4S/c35-30(32(15-16-32)39(37,38)27-13-12-24-7-2-3-8-25(24)20-27)21-31(36)33-29-10-6-9-26-19-23(11-14-28(26)29)22-34-17-4-1-5-18-34/h2-3,7-8,11-14,19-20,29-30,35H,1,4-6,9-10,15-18,21-22H2,(H,33,36)/t29-,30-/m1/s1. The second-order valence-electron chi connectivity index (χ2n) is 11.7. The van der Waals surface area contributed by atoms with Crippen molar-refractivity contribution in [3.63, 3.8) is 0 Å². The average Bonchev–Trinajstić information content (AvgIpc) is 3.76. The molecule has 1 amide bonds. The molecule has 6 nitrogen and oxygen atoms in total. The maximum absolute atomic E-state index is 13.6. The summed E-state index contributed by atoms with van der Waals surface area (Å²) in [5, 5.41) is 16.0. The highest BCUT2D eigenvalue weighted by Crippen LogP contribution is 2.50. The maximum Gasteiger partial charge on any atom is 0.223 e. The zero-order valence-electron chi connectivity index (χ0n) is 22.4. The van der Waals surface area contributed by atoms with E-state index >= 15 is 0 Å². The SMILES string of the molecule is O=C(C[C@@H](O)C1(S(=O)(=O)c2ccc3ccccc3c2)CC1)N[C@@H]1CCCc2cc(CN3CCCCC3)ccc21. The molecule has 6 rings (SSSR count). The Morgan fingerprint density at radius 1 is 0.974 bits per heavy atom. The average molecular weight is 547 g/mol. The Bertz CT molecular complexity index is 1470. The van der Waals surface area contributed by atoms with Crippen molar-refractivity contribution in [2.45, 2.75) is 86.1 Å². The second-order valence-corrected chi connectivity index (χ2v) is 14.0. The van der Waals surface area contributed by atoms with E-state index in [9.17, 15) is 18.3 Å². The van der Waals surface area contributed by atoms with Crippen molar-refractivity contribution in [3.8, 4) is 0 Å². The van der Waals surface area contributed by atoms with Crippen LogP contribution in [0.2, 0.25) is 0 Å². The zero-order valence-corrected chi connectivity index (χ0v) is 23.3. The summed E-state index contributed by atoms with van der Waals surface area (Å²) in [5.41, 5.74) is 3.77. The number of piperidine rings is 1. The van der Waals surface area contributed by atoms with Crippen LogP contribution in [-0.2, 0) is 27.6 Å². The molecule has 3 aliphatic rings. The van der Waals surface area contributed by atoms with E-state index in [2.05, 4.69) is 28.4 Å². The minimum absolute atomic E-state index is 0.107. The predicted molar refractivity (Wildman–Crippen MR) is 153 cm³/mol. The highest BCUT2D eigenvalue weighted by atomic mass is 32.2. The number of nitrogens with one attached hydrogen (secondary N) is 1. The van der Waals surface area contributed by atoms with E-state index in [1.807, 2.05) is 24.3 Å². The number of hydrogen-bond donors (Lipinski definition) is 2. The summed E-state index contributed by atoms with van der Waals surface area (Å²) in [6.07, 6.45) is 5.99. The van der Waals surface area contributed by atoms with E-state index in [0.29, 0.717) is 12.8 Å². The third-order valence-electron chi connectivity index (χ3n) is 9.01. The monoisotopic (exact) mass is 546 g/mol. The molecule has 7 heteroatoms. The Labute approximate surface area is 231 Å². The van der Waals surface area contributed by atoms with Crippen molar-refractivity contribution in [1.29, 1.82) is 0 Å². The number of benzene rings is 3. The predicted octanol–water partition coefficient (Wildman–Crippen LogP) is 5.08. The lowest BCUT2D eigenvalue weighted by Crippen LogP contribution is -2.41. The number of aliphatic hydroxyl groups is 1. The molecule has 0 bridgehead atoms. The van der Waals surface area contributed by atoms with E-state index in [1.54, 1.807) is 18.2 Å². The number of likely N-dealkylation sites (tertiary alicyclic amines) is 1. The number of carbonyl (C=O) groups excluding carboxylic acids is 1. The van der Waals surface area contributed by atoms with Gasteiger partial charge in [-0.1, -0.05) is 55.0 Å². The second kappa shape index (κ2) is 10.7. The van der Waals surface area contributed by atoms with Crippen LogP contribution in [-0.4, -0.2) is 48.3 Å². The van der Waals surface area contributed by atoms with Crippen LogP contribution < -0.4 is 5.32 Å². The lowest BCUT2D eigenvalue weighted by atomic mass is 9.86. The van der Waals surface area contributed by atoms with Crippen molar-refractivity contribution in [3.05, 3.63) is 77.4 Å². The fraction of sp³-hybridized carbons (Fsp3) is 0.469. The summed E-state index contributed by atoms with van der Waals surface area (Å²) in [4.78, 5) is 15.8. The molecule has 1 saturated heterocycles. The van der Waals surface area contributed by atoms with E-state index in [0.717, 1.165) is 55.2 Å². The van der Waals surface area contributed by atoms with Crippen LogP contribution in [0.3, 0.4) is 0 Å². The van der Waals surface area contributed by atoms with Gasteiger partial charge in [-0.3, -0.25) is 9.69 Å². The molecule has 2 fully saturated rings. The number of rotatable bonds is 8. The maximum atomic E-state index is 13.6. The van der Waals surface area contributed by atoms with Crippen LogP contribution in [0.4, 0.5) is 0 Å². The van der Waals surface area contributed by atoms with Gasteiger partial charge in [0.2, 0.25) is 5.91 Å². The molecule has 3 aromatic rings. The Hall–Kier alpha value is -2.74. The molecule has 0 radical (unpaired) electrons. The Kier molecular flexibility index (Phi) is 7.25. The van der Waals surface area contributed by atoms with Crippen molar-refractivity contribution < 1.29 is 18.3 Å². The number of carbonyl (C=O) groups is 1. The van der Waals surface area contributed by atoms with Crippen molar-refractivity contribution in [2.24, 2.45) is 0 Å². The number of aryl methyl sites for hydroxylation is 1. The van der Waals surface area contributed by atoms with Gasteiger partial charge in [-0.05, 0) is 97.6 Å². The van der Waals surface area contributed by atoms with Gasteiger partial charge in [-0.15, -0.1) is 0 Å². The van der Waals surface area contributed by atoms with Crippen LogP contribution in [0.5, 0.6) is 0 Å². The topological polar surface area (TPSA) is 86.7 Å². The summed E-state index contributed by atoms with van der Waals surface area (Å²) < 4.78 is 25.9. The van der Waals surface area contributed by atoms with Gasteiger partial charge < -0.3 is 10.4 Å². The highest BCUT2D eigenvalue weighted by molar-refractivity contribution is 7.93. The normalized spacial score (nSPS) is 21.7. The Morgan fingerprint density at radius 2 is 1.74 bits per heavy atom. The molecular weight excluding hydrogens is 508 g/mol. The molecule has 0 unspecified atom stereocenters. The molecule has 206 valence electrons. The fourth-order valence-corrected chi connectivity index (χ4v) is 8.66. The lowest BCUT2D eigenvalue weighted by molar-refractivity contribution is -0.124. The number of amides is 1. The Balaban J connectivity index is 1.12. The van der Waals surface area contributed by atoms with Crippen LogP contribution in [0.25, 0.3) is 10.8 Å². The summed E-state index contributed by atoms with van der Waals surface area (Å²) in [5.74, 6) is -0.294. The van der Waals surface area contributed by atoms with Gasteiger partial charge in [0.05, 0.1) is 23.5 Å². The first-order valence-corrected chi connectivity index (χ1v) is 15.9. The molecule has 1 aliphatic heterocycles. The van der Waals surface area contributed by atoms with Gasteiger partial charge >= 0.3 is 0 Å². The first kappa shape index (κ1) is 26.5. The molecule has 39 heavy (non-hydrogen) atoms. The fourth-order valence-electron chi connectivity index (χ4n) is 6.58. The van der Waals surface area contributed by atoms with Gasteiger partial charge in [0.25, 0.3) is 0 Å². The van der Waals surface area contributed by atoms with Gasteiger partial charge in [0.1, 0.15) is 4.75 Å². The molecule has 2 atom stereocenters. The molecule has 2 N–H and O–H groups in total. The lowest BCUT2D eigenvalue weighted by Gasteiger charge is -2.30. The van der Waals surface area contributed by atoms with Crippen molar-refractivity contribution in [2.75, 3.05) is 13.1 Å². The third-order valence-corrected chi connectivity index (χ3v) is 11.6. The summed E-state index contributed by atoms with van der Waals surface area (Å²) in [6.45, 7) is 3.30. The van der Waals surface area contributed by atoms with Crippen molar-refractivity contribution >= 4 is 26.5 Å². The molecule has 1 heterocycles. The van der Waals surface area contributed by atoms with Crippen molar-refractivity contribution in [1.82, 2.24) is 10.2 Å². The minimum Gasteiger partial charge on any atom is -0.391 e. The molecule has 0 spiro atoms. The number of fused-ring (bicyclic) bond motifs is 2. The summed E-state index contributed by atoms with van der Waals surface area (Å²) >= 11 is 0. The summed E-state index contributed by atoms with van der Waals surface area (Å²) in [6, 6.07) is 19.2. The molecule has 2 aliphatic carbocycles. The van der Waals surface area contributed by atoms with E-state index in [1.165, 1.54) is 30.4 Å². The number of sulfone groups is 1. The first-order chi connectivity index (χ1) is 18.9. The molecule has 0 aromatic heterocycles. The zero-order chi connectivity index (χ0) is 27.0. The number of aliphatic hydroxyl groups excluding tert-OH is 1. The van der Waals surface area contributed by atoms with E-state index < -0.39 is 20.7 Å². The van der Waals surface area contributed by atoms with Crippen LogP contribution in [0, 0.1) is 0 Å². The minimum atomic E-state index is -3.80. The third kappa shape index (κ3) is 5.24. The van der Waals surface area contributed by atoms with Crippen LogP contribution >= 0.6 is 0 Å². The van der Waals surface area contributed by atoms with Gasteiger partial charge in [0, 0.05) is 6.54 Å². The van der Waals surface area contributed by atoms with E-state index in [4.69, 9.17) is 0 Å². The van der Waals surface area contributed by atoms with Crippen LogP contribution in [0.1, 0.15) is 74.1 Å². The molecule has 3 aromatic carbocycles. The Morgan fingerprint density at radius 3 is 2.51 bits per heavy atom. The smallest absolute Gasteiger partial charge is 0.223 e. The first-order valence-electron chi connectivity index (χ1n) is 14.4. The molecular formula is C32H38N2O4S. The highest BCUT2D eigenvalue weighted by Gasteiger charge is 2.60. The number of hydrogen-bond acceptors (Lipinski definition) is 5. The van der Waals surface area contributed by atoms with Crippen LogP contribution in [0.15, 0.2) is 65.6 Å². The number of nitrogens with zero attached hydrogens (tertiary/aromatic N) is 1. The van der Waals surface area contributed by atoms with Gasteiger partial charge in [-0.2, -0.15) is 0 Å². The quantitative estimate of drug-likeness (QED) is 0.412.